The molecule has 0 aromatic carbocycles. The summed E-state index contributed by atoms with van der Waals surface area (Å²) < 4.78 is 0. The number of aliphatic carboxylic acids is 2. The van der Waals surface area contributed by atoms with Gasteiger partial charge in [-0.15, -0.1) is 11.3 Å². The quantitative estimate of drug-likeness (QED) is 0.766. The summed E-state index contributed by atoms with van der Waals surface area (Å²) in [6, 6.07) is 3.46. The lowest BCUT2D eigenvalue weighted by Crippen LogP contribution is -1.84. The van der Waals surface area contributed by atoms with Crippen LogP contribution in [0, 0.1) is 0 Å². The molecule has 0 saturated heterocycles. The van der Waals surface area contributed by atoms with Gasteiger partial charge in [-0.3, -0.25) is 0 Å². The Morgan fingerprint density at radius 1 is 1.00 bits per heavy atom. The molecule has 78 valence electrons. The van der Waals surface area contributed by atoms with Crippen LogP contribution < -0.4 is 0 Å². The van der Waals surface area contributed by atoms with Crippen LogP contribution in [-0.4, -0.2) is 22.2 Å². The molecule has 0 bridgehead atoms. The van der Waals surface area contributed by atoms with Gasteiger partial charge >= 0.3 is 11.9 Å². The van der Waals surface area contributed by atoms with E-state index in [1.165, 1.54) is 23.5 Å². The molecule has 0 fully saturated rings. The van der Waals surface area contributed by atoms with Gasteiger partial charge in [0.15, 0.2) is 0 Å². The Kier molecular flexibility index (Phi) is 3.82. The van der Waals surface area contributed by atoms with Crippen LogP contribution in [0.1, 0.15) is 9.75 Å². The van der Waals surface area contributed by atoms with E-state index in [4.69, 9.17) is 10.2 Å². The maximum atomic E-state index is 10.2. The predicted octanol–water partition coefficient (Wildman–Crippen LogP) is 1.94. The van der Waals surface area contributed by atoms with Crippen molar-refractivity contribution < 1.29 is 19.8 Å². The SMILES string of the molecule is O=C(O)C=Cc1ccc(/C=C\C(=O)O)s1. The third kappa shape index (κ3) is 4.24. The van der Waals surface area contributed by atoms with Crippen molar-refractivity contribution in [2.24, 2.45) is 0 Å². The van der Waals surface area contributed by atoms with Gasteiger partial charge in [0.05, 0.1) is 0 Å². The average molecular weight is 224 g/mol. The molecule has 1 rings (SSSR count). The molecule has 5 heteroatoms. The molecule has 15 heavy (non-hydrogen) atoms. The zero-order chi connectivity index (χ0) is 11.3. The molecule has 1 heterocycles. The molecule has 4 nitrogen and oxygen atoms in total. The Morgan fingerprint density at radius 2 is 1.40 bits per heavy atom. The predicted molar refractivity (Wildman–Crippen MR) is 57.7 cm³/mol. The number of carbonyl (C=O) groups is 2. The molecule has 1 aromatic rings. The molecular weight excluding hydrogens is 216 g/mol. The zero-order valence-electron chi connectivity index (χ0n) is 7.58. The van der Waals surface area contributed by atoms with Crippen molar-refractivity contribution >= 4 is 35.4 Å². The number of carboxylic acid groups (broad SMARTS) is 2. The van der Waals surface area contributed by atoms with Gasteiger partial charge in [0.1, 0.15) is 0 Å². The summed E-state index contributed by atoms with van der Waals surface area (Å²) in [6.07, 6.45) is 5.00. The first kappa shape index (κ1) is 11.2. The molecule has 0 amide bonds. The van der Waals surface area contributed by atoms with E-state index in [0.717, 1.165) is 21.9 Å². The summed E-state index contributed by atoms with van der Waals surface area (Å²) in [5.41, 5.74) is 0. The van der Waals surface area contributed by atoms with E-state index in [-0.39, 0.29) is 0 Å². The summed E-state index contributed by atoms with van der Waals surface area (Å²) >= 11 is 1.32. The molecule has 0 aliphatic heterocycles. The van der Waals surface area contributed by atoms with Crippen molar-refractivity contribution in [1.82, 2.24) is 0 Å². The second-order valence-electron chi connectivity index (χ2n) is 2.58. The highest BCUT2D eigenvalue weighted by molar-refractivity contribution is 7.13. The van der Waals surface area contributed by atoms with E-state index >= 15 is 0 Å². The first-order valence-electron chi connectivity index (χ1n) is 4.00. The number of rotatable bonds is 4. The van der Waals surface area contributed by atoms with Gasteiger partial charge in [-0.1, -0.05) is 0 Å². The number of carboxylic acids is 2. The van der Waals surface area contributed by atoms with Crippen molar-refractivity contribution in [3.63, 3.8) is 0 Å². The highest BCUT2D eigenvalue weighted by Crippen LogP contribution is 2.19. The van der Waals surface area contributed by atoms with Crippen LogP contribution in [0.5, 0.6) is 0 Å². The molecule has 0 spiro atoms. The van der Waals surface area contributed by atoms with Crippen LogP contribution in [0.4, 0.5) is 0 Å². The van der Waals surface area contributed by atoms with E-state index in [2.05, 4.69) is 0 Å². The van der Waals surface area contributed by atoms with Crippen LogP contribution in [0.15, 0.2) is 24.3 Å². The molecule has 1 aromatic heterocycles. The van der Waals surface area contributed by atoms with Gasteiger partial charge in [-0.05, 0) is 24.3 Å². The van der Waals surface area contributed by atoms with Crippen LogP contribution >= 0.6 is 11.3 Å². The molecular formula is C10H8O4S. The standard InChI is InChI=1S/C10H8O4S/c11-9(12)5-3-7-1-2-8(15-7)4-6-10(13)14/h1-6H,(H,11,12)(H,13,14)/b5-3-,6-4?. The smallest absolute Gasteiger partial charge is 0.328 e. The molecule has 0 unspecified atom stereocenters. The van der Waals surface area contributed by atoms with Gasteiger partial charge < -0.3 is 10.2 Å². The van der Waals surface area contributed by atoms with E-state index in [1.807, 2.05) is 0 Å². The highest BCUT2D eigenvalue weighted by Gasteiger charge is 1.95. The van der Waals surface area contributed by atoms with Crippen LogP contribution in [0.25, 0.3) is 12.2 Å². The molecule has 0 radical (unpaired) electrons. The van der Waals surface area contributed by atoms with Crippen molar-refractivity contribution in [2.75, 3.05) is 0 Å². The third-order valence-corrected chi connectivity index (χ3v) is 2.44. The molecule has 0 saturated carbocycles. The fourth-order valence-electron chi connectivity index (χ4n) is 0.854. The largest absolute Gasteiger partial charge is 0.478 e. The van der Waals surface area contributed by atoms with E-state index in [0.29, 0.717) is 0 Å². The lowest BCUT2D eigenvalue weighted by Gasteiger charge is -1.82. The molecule has 0 aliphatic rings. The van der Waals surface area contributed by atoms with Crippen LogP contribution in [0.3, 0.4) is 0 Å². The van der Waals surface area contributed by atoms with Crippen molar-refractivity contribution in [3.05, 3.63) is 34.0 Å². The minimum Gasteiger partial charge on any atom is -0.478 e. The van der Waals surface area contributed by atoms with Gasteiger partial charge in [-0.2, -0.15) is 0 Å². The van der Waals surface area contributed by atoms with Crippen LogP contribution in [-0.2, 0) is 9.59 Å². The van der Waals surface area contributed by atoms with Gasteiger partial charge in [0.2, 0.25) is 0 Å². The first-order chi connectivity index (χ1) is 7.08. The van der Waals surface area contributed by atoms with Crippen molar-refractivity contribution in [2.45, 2.75) is 0 Å². The zero-order valence-corrected chi connectivity index (χ0v) is 8.40. The molecule has 0 aliphatic carbocycles. The minimum absolute atomic E-state index is 0.766. The van der Waals surface area contributed by atoms with Gasteiger partial charge in [0.25, 0.3) is 0 Å². The summed E-state index contributed by atoms with van der Waals surface area (Å²) in [5, 5.41) is 16.8. The second kappa shape index (κ2) is 5.11. The minimum atomic E-state index is -1.01. The maximum absolute atomic E-state index is 10.2. The summed E-state index contributed by atoms with van der Waals surface area (Å²) in [6.45, 7) is 0. The topological polar surface area (TPSA) is 74.6 Å². The van der Waals surface area contributed by atoms with Crippen molar-refractivity contribution in [3.8, 4) is 0 Å². The fraction of sp³-hybridized carbons (Fsp3) is 0. The lowest BCUT2D eigenvalue weighted by atomic mass is 10.3. The molecule has 2 N–H and O–H groups in total. The Bertz CT molecular complexity index is 390. The monoisotopic (exact) mass is 224 g/mol. The number of hydrogen-bond acceptors (Lipinski definition) is 3. The Morgan fingerprint density at radius 3 is 1.73 bits per heavy atom. The first-order valence-corrected chi connectivity index (χ1v) is 4.81. The highest BCUT2D eigenvalue weighted by atomic mass is 32.1. The Hall–Kier alpha value is -1.88. The Balaban J connectivity index is 2.72. The van der Waals surface area contributed by atoms with Crippen LogP contribution in [0.2, 0.25) is 0 Å². The summed E-state index contributed by atoms with van der Waals surface area (Å²) in [7, 11) is 0. The van der Waals surface area contributed by atoms with Gasteiger partial charge in [-0.25, -0.2) is 9.59 Å². The fourth-order valence-corrected chi connectivity index (χ4v) is 1.67. The number of hydrogen-bond donors (Lipinski definition) is 2. The third-order valence-electron chi connectivity index (χ3n) is 1.43. The molecule has 0 atom stereocenters. The lowest BCUT2D eigenvalue weighted by molar-refractivity contribution is -0.132. The Labute approximate surface area is 89.8 Å². The van der Waals surface area contributed by atoms with Gasteiger partial charge in [0, 0.05) is 21.9 Å². The maximum Gasteiger partial charge on any atom is 0.328 e. The van der Waals surface area contributed by atoms with E-state index in [9.17, 15) is 9.59 Å². The van der Waals surface area contributed by atoms with E-state index < -0.39 is 11.9 Å². The summed E-state index contributed by atoms with van der Waals surface area (Å²) in [4.78, 5) is 22.0. The van der Waals surface area contributed by atoms with E-state index in [1.54, 1.807) is 12.1 Å². The second-order valence-corrected chi connectivity index (χ2v) is 3.73. The number of thiophene rings is 1. The summed E-state index contributed by atoms with van der Waals surface area (Å²) in [5.74, 6) is -2.02. The van der Waals surface area contributed by atoms with Crippen molar-refractivity contribution in [1.29, 1.82) is 0 Å². The average Bonchev–Trinajstić information content (AvgIpc) is 2.59. The normalized spacial score (nSPS) is 11.2.